The molecule has 0 fully saturated rings. The van der Waals surface area contributed by atoms with Gasteiger partial charge in [0.2, 0.25) is 0 Å². The molecule has 0 aliphatic carbocycles. The molecule has 5 rings (SSSR count). The van der Waals surface area contributed by atoms with Crippen molar-refractivity contribution in [2.24, 2.45) is 0 Å². The van der Waals surface area contributed by atoms with E-state index in [1.54, 1.807) is 17.5 Å². The molecule has 27 heavy (non-hydrogen) atoms. The first-order valence-corrected chi connectivity index (χ1v) is 9.00. The van der Waals surface area contributed by atoms with Crippen molar-refractivity contribution >= 4 is 32.6 Å². The number of thiazole rings is 1. The Morgan fingerprint density at radius 2 is 2.00 bits per heavy atom. The Morgan fingerprint density at radius 3 is 2.81 bits per heavy atom. The minimum Gasteiger partial charge on any atom is -0.460 e. The van der Waals surface area contributed by atoms with Crippen molar-refractivity contribution in [3.8, 4) is 22.6 Å². The summed E-state index contributed by atoms with van der Waals surface area (Å²) in [4.78, 5) is 24.4. The number of nitrogens with one attached hydrogen (secondary N) is 1. The number of pyridine rings is 2. The maximum atomic E-state index is 12.3. The Kier molecular flexibility index (Phi) is 4.12. The number of aryl methyl sites for hydroxylation is 1. The van der Waals surface area contributed by atoms with Crippen LogP contribution in [0.1, 0.15) is 13.2 Å². The molecular formula is C21H17N3O2S. The van der Waals surface area contributed by atoms with Gasteiger partial charge in [0.1, 0.15) is 17.1 Å². The van der Waals surface area contributed by atoms with Gasteiger partial charge in [-0.05, 0) is 42.8 Å². The van der Waals surface area contributed by atoms with E-state index in [2.05, 4.69) is 16.0 Å². The molecule has 0 atom stereocenters. The summed E-state index contributed by atoms with van der Waals surface area (Å²) in [5.74, 6) is 1.49. The van der Waals surface area contributed by atoms with E-state index in [9.17, 15) is 4.79 Å². The van der Waals surface area contributed by atoms with E-state index in [0.29, 0.717) is 22.5 Å². The number of aromatic nitrogens is 3. The molecule has 4 heterocycles. The SMILES string of the molecule is C.Cc1ccc(-c2nc3[nH]ccc(=O)c3cc2-c2ccc3ncsc3c2)o1. The van der Waals surface area contributed by atoms with Crippen LogP contribution in [0.2, 0.25) is 0 Å². The number of nitrogens with zero attached hydrogens (tertiary/aromatic N) is 2. The molecule has 5 aromatic rings. The fourth-order valence-corrected chi connectivity index (χ4v) is 3.81. The molecule has 0 bridgehead atoms. The van der Waals surface area contributed by atoms with Crippen molar-refractivity contribution in [1.82, 2.24) is 15.0 Å². The van der Waals surface area contributed by atoms with Gasteiger partial charge in [-0.2, -0.15) is 0 Å². The summed E-state index contributed by atoms with van der Waals surface area (Å²) in [5, 5.41) is 0.555. The van der Waals surface area contributed by atoms with E-state index in [0.717, 1.165) is 27.1 Å². The van der Waals surface area contributed by atoms with Crippen molar-refractivity contribution in [3.63, 3.8) is 0 Å². The maximum Gasteiger partial charge on any atom is 0.191 e. The topological polar surface area (TPSA) is 71.8 Å². The van der Waals surface area contributed by atoms with Gasteiger partial charge in [-0.1, -0.05) is 13.5 Å². The first-order chi connectivity index (χ1) is 12.7. The summed E-state index contributed by atoms with van der Waals surface area (Å²) < 4.78 is 6.91. The minimum absolute atomic E-state index is 0. The molecule has 0 amide bonds. The molecule has 0 unspecified atom stereocenters. The molecule has 5 nitrogen and oxygen atoms in total. The van der Waals surface area contributed by atoms with Crippen molar-refractivity contribution < 1.29 is 4.42 Å². The fraction of sp³-hybridized carbons (Fsp3) is 0.0952. The molecular weight excluding hydrogens is 358 g/mol. The third-order valence-electron chi connectivity index (χ3n) is 4.36. The Bertz CT molecular complexity index is 1330. The van der Waals surface area contributed by atoms with Gasteiger partial charge in [-0.25, -0.2) is 9.97 Å². The highest BCUT2D eigenvalue weighted by atomic mass is 32.1. The van der Waals surface area contributed by atoms with Crippen LogP contribution in [0.15, 0.2) is 63.4 Å². The van der Waals surface area contributed by atoms with Crippen molar-refractivity contribution in [1.29, 1.82) is 0 Å². The van der Waals surface area contributed by atoms with Crippen LogP contribution in [0, 0.1) is 6.92 Å². The number of rotatable bonds is 2. The number of furan rings is 1. The maximum absolute atomic E-state index is 12.3. The Labute approximate surface area is 159 Å². The molecule has 0 saturated carbocycles. The summed E-state index contributed by atoms with van der Waals surface area (Å²) >= 11 is 1.59. The van der Waals surface area contributed by atoms with Crippen molar-refractivity contribution in [3.05, 3.63) is 70.2 Å². The van der Waals surface area contributed by atoms with Gasteiger partial charge in [-0.15, -0.1) is 11.3 Å². The lowest BCUT2D eigenvalue weighted by molar-refractivity contribution is 0.547. The summed E-state index contributed by atoms with van der Waals surface area (Å²) in [6.45, 7) is 1.90. The lowest BCUT2D eigenvalue weighted by Crippen LogP contribution is -2.03. The van der Waals surface area contributed by atoms with Crippen LogP contribution >= 0.6 is 11.3 Å². The van der Waals surface area contributed by atoms with E-state index < -0.39 is 0 Å². The largest absolute Gasteiger partial charge is 0.460 e. The molecule has 0 spiro atoms. The average Bonchev–Trinajstić information content (AvgIpc) is 3.29. The fourth-order valence-electron chi connectivity index (χ4n) is 3.09. The summed E-state index contributed by atoms with van der Waals surface area (Å²) in [5.41, 5.74) is 5.81. The van der Waals surface area contributed by atoms with E-state index in [-0.39, 0.29) is 12.9 Å². The number of hydrogen-bond acceptors (Lipinski definition) is 5. The van der Waals surface area contributed by atoms with E-state index in [1.807, 2.05) is 42.8 Å². The monoisotopic (exact) mass is 375 g/mol. The van der Waals surface area contributed by atoms with E-state index in [4.69, 9.17) is 9.40 Å². The minimum atomic E-state index is -0.0615. The highest BCUT2D eigenvalue weighted by molar-refractivity contribution is 7.16. The summed E-state index contributed by atoms with van der Waals surface area (Å²) in [6.07, 6.45) is 1.61. The normalized spacial score (nSPS) is 11.0. The number of hydrogen-bond donors (Lipinski definition) is 1. The standard InChI is InChI=1S/C20H13N3O2S.CH4/c1-11-2-5-17(25-11)19-13(9-14-16(24)6-7-21-20(14)23-19)12-3-4-15-18(8-12)26-10-22-15;/h2-10H,1H3,(H,21,23,24);1H4. The third kappa shape index (κ3) is 2.84. The smallest absolute Gasteiger partial charge is 0.191 e. The zero-order valence-electron chi connectivity index (χ0n) is 13.8. The molecule has 0 aliphatic rings. The van der Waals surface area contributed by atoms with Crippen LogP contribution in [-0.4, -0.2) is 15.0 Å². The average molecular weight is 375 g/mol. The van der Waals surface area contributed by atoms with Gasteiger partial charge in [0, 0.05) is 17.8 Å². The lowest BCUT2D eigenvalue weighted by atomic mass is 10.0. The number of H-pyrrole nitrogens is 1. The molecule has 0 saturated heterocycles. The predicted molar refractivity (Wildman–Crippen MR) is 110 cm³/mol. The van der Waals surface area contributed by atoms with Gasteiger partial charge in [0.05, 0.1) is 21.1 Å². The molecule has 0 aliphatic heterocycles. The molecule has 134 valence electrons. The lowest BCUT2D eigenvalue weighted by Gasteiger charge is -2.09. The first kappa shape index (κ1) is 17.2. The van der Waals surface area contributed by atoms with E-state index in [1.165, 1.54) is 6.07 Å². The Balaban J connectivity index is 0.00000180. The first-order valence-electron chi connectivity index (χ1n) is 8.12. The summed E-state index contributed by atoms with van der Waals surface area (Å²) in [7, 11) is 0. The second kappa shape index (κ2) is 6.48. The second-order valence-electron chi connectivity index (χ2n) is 6.07. The second-order valence-corrected chi connectivity index (χ2v) is 6.95. The molecule has 4 aromatic heterocycles. The van der Waals surface area contributed by atoms with Crippen molar-refractivity contribution in [2.75, 3.05) is 0 Å². The quantitative estimate of drug-likeness (QED) is 0.448. The van der Waals surface area contributed by atoms with Crippen molar-refractivity contribution in [2.45, 2.75) is 14.4 Å². The van der Waals surface area contributed by atoms with Crippen LogP contribution in [-0.2, 0) is 0 Å². The number of aromatic amines is 1. The predicted octanol–water partition coefficient (Wildman–Crippen LogP) is 5.40. The molecule has 0 radical (unpaired) electrons. The van der Waals surface area contributed by atoms with E-state index >= 15 is 0 Å². The van der Waals surface area contributed by atoms with Gasteiger partial charge in [0.25, 0.3) is 0 Å². The number of benzene rings is 1. The Hall–Kier alpha value is -3.25. The highest BCUT2D eigenvalue weighted by Crippen LogP contribution is 2.35. The van der Waals surface area contributed by atoms with Crippen LogP contribution in [0.3, 0.4) is 0 Å². The van der Waals surface area contributed by atoms with Gasteiger partial charge in [-0.3, -0.25) is 4.79 Å². The summed E-state index contributed by atoms with van der Waals surface area (Å²) in [6, 6.07) is 13.3. The van der Waals surface area contributed by atoms with Crippen LogP contribution in [0.25, 0.3) is 43.8 Å². The highest BCUT2D eigenvalue weighted by Gasteiger charge is 2.16. The zero-order chi connectivity index (χ0) is 17.7. The van der Waals surface area contributed by atoms with Crippen LogP contribution in [0.5, 0.6) is 0 Å². The molecule has 1 N–H and O–H groups in total. The van der Waals surface area contributed by atoms with Gasteiger partial charge >= 0.3 is 0 Å². The third-order valence-corrected chi connectivity index (χ3v) is 5.15. The molecule has 6 heteroatoms. The zero-order valence-corrected chi connectivity index (χ0v) is 14.6. The van der Waals surface area contributed by atoms with Crippen LogP contribution < -0.4 is 5.43 Å². The number of fused-ring (bicyclic) bond motifs is 2. The van der Waals surface area contributed by atoms with Gasteiger partial charge in [0.15, 0.2) is 11.2 Å². The Morgan fingerprint density at radius 1 is 1.11 bits per heavy atom. The van der Waals surface area contributed by atoms with Crippen LogP contribution in [0.4, 0.5) is 0 Å². The molecule has 1 aromatic carbocycles. The van der Waals surface area contributed by atoms with Gasteiger partial charge < -0.3 is 9.40 Å².